The van der Waals surface area contributed by atoms with E-state index in [1.165, 1.54) is 25.4 Å². The Balaban J connectivity index is 2.41. The molecule has 0 aliphatic rings. The van der Waals surface area contributed by atoms with Crippen molar-refractivity contribution in [3.63, 3.8) is 0 Å². The molecule has 0 aliphatic carbocycles. The third kappa shape index (κ3) is 3.47. The SMILES string of the molecule is COc1cccc(NS(=O)(=O)c2cccnc2C(N)=S)c1. The van der Waals surface area contributed by atoms with Crippen LogP contribution in [0.4, 0.5) is 5.69 Å². The number of hydrogen-bond donors (Lipinski definition) is 2. The summed E-state index contributed by atoms with van der Waals surface area (Å²) in [4.78, 5) is 3.76. The second kappa shape index (κ2) is 6.06. The van der Waals surface area contributed by atoms with Crippen molar-refractivity contribution in [1.29, 1.82) is 0 Å². The van der Waals surface area contributed by atoms with E-state index < -0.39 is 10.0 Å². The zero-order valence-corrected chi connectivity index (χ0v) is 12.7. The van der Waals surface area contributed by atoms with E-state index in [0.29, 0.717) is 11.4 Å². The molecule has 0 amide bonds. The number of hydrogen-bond acceptors (Lipinski definition) is 5. The Kier molecular flexibility index (Phi) is 4.39. The molecule has 6 nitrogen and oxygen atoms in total. The number of rotatable bonds is 5. The van der Waals surface area contributed by atoms with E-state index in [0.717, 1.165) is 0 Å². The second-order valence-electron chi connectivity index (χ2n) is 4.05. The summed E-state index contributed by atoms with van der Waals surface area (Å²) in [6, 6.07) is 9.45. The number of sulfonamides is 1. The normalized spacial score (nSPS) is 10.9. The topological polar surface area (TPSA) is 94.3 Å². The van der Waals surface area contributed by atoms with Crippen LogP contribution < -0.4 is 15.2 Å². The zero-order chi connectivity index (χ0) is 15.5. The van der Waals surface area contributed by atoms with E-state index in [1.807, 2.05) is 0 Å². The van der Waals surface area contributed by atoms with Crippen LogP contribution in [0.15, 0.2) is 47.5 Å². The number of methoxy groups -OCH3 is 1. The van der Waals surface area contributed by atoms with Crippen molar-refractivity contribution in [1.82, 2.24) is 4.98 Å². The maximum absolute atomic E-state index is 12.4. The fraction of sp³-hybridized carbons (Fsp3) is 0.0769. The van der Waals surface area contributed by atoms with E-state index in [-0.39, 0.29) is 15.6 Å². The molecule has 1 aromatic heterocycles. The third-order valence-electron chi connectivity index (χ3n) is 2.62. The van der Waals surface area contributed by atoms with Gasteiger partial charge in [0, 0.05) is 12.3 Å². The Morgan fingerprint density at radius 1 is 1.33 bits per heavy atom. The molecule has 0 aliphatic heterocycles. The first-order chi connectivity index (χ1) is 9.94. The highest BCUT2D eigenvalue weighted by atomic mass is 32.2. The number of benzene rings is 1. The molecule has 21 heavy (non-hydrogen) atoms. The van der Waals surface area contributed by atoms with Crippen LogP contribution in [0, 0.1) is 0 Å². The molecule has 3 N–H and O–H groups in total. The molecule has 1 aromatic carbocycles. The molecule has 2 aromatic rings. The smallest absolute Gasteiger partial charge is 0.264 e. The first-order valence-corrected chi connectivity index (χ1v) is 7.75. The summed E-state index contributed by atoms with van der Waals surface area (Å²) in [5, 5.41) is 0. The van der Waals surface area contributed by atoms with Gasteiger partial charge in [0.15, 0.2) is 0 Å². The van der Waals surface area contributed by atoms with Gasteiger partial charge in [-0.15, -0.1) is 0 Å². The van der Waals surface area contributed by atoms with Gasteiger partial charge in [0.2, 0.25) is 0 Å². The first-order valence-electron chi connectivity index (χ1n) is 5.86. The van der Waals surface area contributed by atoms with Crippen molar-refractivity contribution in [3.05, 3.63) is 48.3 Å². The van der Waals surface area contributed by atoms with E-state index in [4.69, 9.17) is 22.7 Å². The fourth-order valence-corrected chi connectivity index (χ4v) is 3.14. The largest absolute Gasteiger partial charge is 0.497 e. The van der Waals surface area contributed by atoms with Crippen LogP contribution >= 0.6 is 12.2 Å². The molecule has 0 atom stereocenters. The molecule has 1 heterocycles. The summed E-state index contributed by atoms with van der Waals surface area (Å²) in [6.07, 6.45) is 1.43. The summed E-state index contributed by atoms with van der Waals surface area (Å²) in [5.41, 5.74) is 5.93. The molecule has 0 fully saturated rings. The lowest BCUT2D eigenvalue weighted by Gasteiger charge is -2.11. The highest BCUT2D eigenvalue weighted by molar-refractivity contribution is 7.93. The summed E-state index contributed by atoms with van der Waals surface area (Å²) < 4.78 is 32.3. The molecule has 2 rings (SSSR count). The predicted molar refractivity (Wildman–Crippen MR) is 83.9 cm³/mol. The van der Waals surface area contributed by atoms with Crippen LogP contribution in [0.1, 0.15) is 5.69 Å². The van der Waals surface area contributed by atoms with Gasteiger partial charge in [0.1, 0.15) is 21.3 Å². The molecule has 0 radical (unpaired) electrons. The van der Waals surface area contributed by atoms with E-state index in [1.54, 1.807) is 24.3 Å². The molecule has 0 saturated carbocycles. The lowest BCUT2D eigenvalue weighted by atomic mass is 10.3. The Bertz CT molecular complexity index is 776. The number of nitrogens with two attached hydrogens (primary N) is 1. The second-order valence-corrected chi connectivity index (χ2v) is 6.14. The predicted octanol–water partition coefficient (Wildman–Crippen LogP) is 1.53. The Morgan fingerprint density at radius 3 is 2.76 bits per heavy atom. The lowest BCUT2D eigenvalue weighted by Crippen LogP contribution is -2.21. The average molecular weight is 323 g/mol. The van der Waals surface area contributed by atoms with Gasteiger partial charge in [0.05, 0.1) is 12.8 Å². The minimum Gasteiger partial charge on any atom is -0.497 e. The minimum absolute atomic E-state index is 0.0582. The van der Waals surface area contributed by atoms with Gasteiger partial charge in [-0.1, -0.05) is 18.3 Å². The number of thiocarbonyl (C=S) groups is 1. The highest BCUT2D eigenvalue weighted by Gasteiger charge is 2.20. The fourth-order valence-electron chi connectivity index (χ4n) is 1.69. The van der Waals surface area contributed by atoms with Crippen LogP contribution in [0.25, 0.3) is 0 Å². The van der Waals surface area contributed by atoms with E-state index in [9.17, 15) is 8.42 Å². The average Bonchev–Trinajstić information content (AvgIpc) is 2.47. The molecule has 0 bridgehead atoms. The van der Waals surface area contributed by atoms with Crippen molar-refractivity contribution in [2.75, 3.05) is 11.8 Å². The third-order valence-corrected chi connectivity index (χ3v) is 4.22. The van der Waals surface area contributed by atoms with E-state index >= 15 is 0 Å². The maximum atomic E-state index is 12.4. The summed E-state index contributed by atoms with van der Waals surface area (Å²) in [5.74, 6) is 0.538. The van der Waals surface area contributed by atoms with Crippen LogP contribution in [0.3, 0.4) is 0 Å². The summed E-state index contributed by atoms with van der Waals surface area (Å²) in [6.45, 7) is 0. The summed E-state index contributed by atoms with van der Waals surface area (Å²) >= 11 is 4.83. The molecule has 0 saturated heterocycles. The van der Waals surface area contributed by atoms with Gasteiger partial charge in [0.25, 0.3) is 10.0 Å². The van der Waals surface area contributed by atoms with Crippen molar-refractivity contribution >= 4 is 32.9 Å². The van der Waals surface area contributed by atoms with Crippen LogP contribution in [0.2, 0.25) is 0 Å². The number of pyridine rings is 1. The summed E-state index contributed by atoms with van der Waals surface area (Å²) in [7, 11) is -2.35. The molecule has 110 valence electrons. The Labute approximate surface area is 128 Å². The molecular formula is C13H13N3O3S2. The molecular weight excluding hydrogens is 310 g/mol. The van der Waals surface area contributed by atoms with Crippen LogP contribution in [-0.2, 0) is 10.0 Å². The lowest BCUT2D eigenvalue weighted by molar-refractivity contribution is 0.415. The van der Waals surface area contributed by atoms with E-state index in [2.05, 4.69) is 9.71 Å². The van der Waals surface area contributed by atoms with Crippen molar-refractivity contribution in [2.24, 2.45) is 5.73 Å². The number of nitrogens with zero attached hydrogens (tertiary/aromatic N) is 1. The van der Waals surface area contributed by atoms with Gasteiger partial charge >= 0.3 is 0 Å². The standard InChI is InChI=1S/C13H13N3O3S2/c1-19-10-5-2-4-9(8-10)16-21(17,18)11-6-3-7-15-12(11)13(14)20/h2-8,16H,1H3,(H2,14,20). The Morgan fingerprint density at radius 2 is 2.10 bits per heavy atom. The Hall–Kier alpha value is -2.19. The molecule has 0 spiro atoms. The minimum atomic E-state index is -3.85. The highest BCUT2D eigenvalue weighted by Crippen LogP contribution is 2.21. The van der Waals surface area contributed by atoms with Gasteiger partial charge < -0.3 is 10.5 Å². The van der Waals surface area contributed by atoms with Crippen molar-refractivity contribution in [3.8, 4) is 5.75 Å². The maximum Gasteiger partial charge on any atom is 0.264 e. The zero-order valence-electron chi connectivity index (χ0n) is 11.1. The first kappa shape index (κ1) is 15.2. The number of aromatic nitrogens is 1. The number of ether oxygens (including phenoxy) is 1. The molecule has 0 unspecified atom stereocenters. The molecule has 8 heteroatoms. The van der Waals surface area contributed by atoms with Gasteiger partial charge in [-0.2, -0.15) is 0 Å². The quantitative estimate of drug-likeness (QED) is 0.810. The number of anilines is 1. The van der Waals surface area contributed by atoms with Gasteiger partial charge in [-0.3, -0.25) is 9.71 Å². The van der Waals surface area contributed by atoms with Crippen LogP contribution in [-0.4, -0.2) is 25.5 Å². The van der Waals surface area contributed by atoms with Gasteiger partial charge in [-0.25, -0.2) is 8.42 Å². The monoisotopic (exact) mass is 323 g/mol. The number of nitrogens with one attached hydrogen (secondary N) is 1. The van der Waals surface area contributed by atoms with Crippen LogP contribution in [0.5, 0.6) is 5.75 Å². The van der Waals surface area contributed by atoms with Gasteiger partial charge in [-0.05, 0) is 24.3 Å². The van der Waals surface area contributed by atoms with Crippen molar-refractivity contribution < 1.29 is 13.2 Å². The van der Waals surface area contributed by atoms with Crippen molar-refractivity contribution in [2.45, 2.75) is 4.90 Å².